The average Bonchev–Trinajstić information content (AvgIpc) is 1.85. The van der Waals surface area contributed by atoms with Crippen LogP contribution in [0.5, 0.6) is 0 Å². The van der Waals surface area contributed by atoms with E-state index in [2.05, 4.69) is 5.73 Å². The standard InChI is InChI=1S/C5H7F2NO2/c6-5(7,3-9)2-1-4(8)10/h3H,1-2H2,(H2,8,10). The summed E-state index contributed by atoms with van der Waals surface area (Å²) < 4.78 is 23.9. The fourth-order valence-electron chi connectivity index (χ4n) is 0.349. The molecule has 0 rings (SSSR count). The van der Waals surface area contributed by atoms with Crippen LogP contribution in [0.1, 0.15) is 12.8 Å². The molecule has 0 aliphatic rings. The predicted molar refractivity (Wildman–Crippen MR) is 29.4 cm³/mol. The molecule has 0 aromatic rings. The summed E-state index contributed by atoms with van der Waals surface area (Å²) in [6, 6.07) is 0. The number of hydrogen-bond donors (Lipinski definition) is 1. The van der Waals surface area contributed by atoms with Crippen LogP contribution in [-0.4, -0.2) is 18.1 Å². The van der Waals surface area contributed by atoms with Gasteiger partial charge in [-0.3, -0.25) is 9.59 Å². The van der Waals surface area contributed by atoms with Crippen LogP contribution < -0.4 is 5.73 Å². The number of hydrogen-bond acceptors (Lipinski definition) is 2. The molecule has 0 aromatic heterocycles. The molecule has 0 aromatic carbocycles. The summed E-state index contributed by atoms with van der Waals surface area (Å²) >= 11 is 0. The molecule has 0 saturated carbocycles. The maximum Gasteiger partial charge on any atom is 0.302 e. The number of alkyl halides is 2. The minimum Gasteiger partial charge on any atom is -0.370 e. The Kier molecular flexibility index (Phi) is 2.92. The Bertz CT molecular complexity index is 147. The number of carbonyl (C=O) groups is 2. The molecule has 1 amide bonds. The van der Waals surface area contributed by atoms with Crippen LogP contribution in [0.15, 0.2) is 0 Å². The lowest BCUT2D eigenvalue weighted by Crippen LogP contribution is -2.21. The number of amides is 1. The summed E-state index contributed by atoms with van der Waals surface area (Å²) in [5, 5.41) is 0. The van der Waals surface area contributed by atoms with Gasteiger partial charge in [0, 0.05) is 12.8 Å². The van der Waals surface area contributed by atoms with Crippen LogP contribution in [-0.2, 0) is 9.59 Å². The summed E-state index contributed by atoms with van der Waals surface area (Å²) in [4.78, 5) is 19.5. The molecule has 0 aliphatic heterocycles. The van der Waals surface area contributed by atoms with Crippen molar-refractivity contribution in [1.82, 2.24) is 0 Å². The number of primary amides is 1. The van der Waals surface area contributed by atoms with Gasteiger partial charge in [0.25, 0.3) is 0 Å². The van der Waals surface area contributed by atoms with Crippen molar-refractivity contribution < 1.29 is 18.4 Å². The number of aldehydes is 1. The first-order chi connectivity index (χ1) is 4.48. The number of nitrogens with two attached hydrogens (primary N) is 1. The Morgan fingerprint density at radius 2 is 2.10 bits per heavy atom. The second-order valence-electron chi connectivity index (χ2n) is 1.85. The molecular formula is C5H7F2NO2. The van der Waals surface area contributed by atoms with Crippen molar-refractivity contribution in [3.8, 4) is 0 Å². The summed E-state index contributed by atoms with van der Waals surface area (Å²) in [5.41, 5.74) is 4.57. The quantitative estimate of drug-likeness (QED) is 0.578. The highest BCUT2D eigenvalue weighted by Crippen LogP contribution is 2.16. The first-order valence-corrected chi connectivity index (χ1v) is 2.60. The highest BCUT2D eigenvalue weighted by molar-refractivity contribution is 5.74. The van der Waals surface area contributed by atoms with Gasteiger partial charge < -0.3 is 5.73 Å². The second kappa shape index (κ2) is 3.24. The Labute approximate surface area is 56.2 Å². The van der Waals surface area contributed by atoms with Gasteiger partial charge in [0.15, 0.2) is 6.29 Å². The van der Waals surface area contributed by atoms with Crippen molar-refractivity contribution in [2.45, 2.75) is 18.8 Å². The van der Waals surface area contributed by atoms with Gasteiger partial charge >= 0.3 is 5.92 Å². The smallest absolute Gasteiger partial charge is 0.302 e. The van der Waals surface area contributed by atoms with Crippen molar-refractivity contribution in [1.29, 1.82) is 0 Å². The summed E-state index contributed by atoms with van der Waals surface area (Å²) in [6.45, 7) is 0. The number of carbonyl (C=O) groups excluding carboxylic acids is 2. The Hall–Kier alpha value is -1.00. The van der Waals surface area contributed by atoms with Gasteiger partial charge in [-0.25, -0.2) is 0 Å². The molecule has 3 nitrogen and oxygen atoms in total. The van der Waals surface area contributed by atoms with E-state index >= 15 is 0 Å². The fraction of sp³-hybridized carbons (Fsp3) is 0.600. The van der Waals surface area contributed by atoms with E-state index < -0.39 is 31.0 Å². The molecule has 2 N–H and O–H groups in total. The van der Waals surface area contributed by atoms with E-state index in [1.54, 1.807) is 0 Å². The third-order valence-electron chi connectivity index (χ3n) is 0.877. The lowest BCUT2D eigenvalue weighted by Gasteiger charge is -2.04. The largest absolute Gasteiger partial charge is 0.370 e. The summed E-state index contributed by atoms with van der Waals surface area (Å²) in [6.07, 6.45) is -1.76. The van der Waals surface area contributed by atoms with Gasteiger partial charge in [-0.15, -0.1) is 0 Å². The zero-order chi connectivity index (χ0) is 8.20. The molecule has 5 heteroatoms. The third kappa shape index (κ3) is 3.94. The molecule has 0 fully saturated rings. The van der Waals surface area contributed by atoms with Gasteiger partial charge in [-0.05, 0) is 0 Å². The zero-order valence-corrected chi connectivity index (χ0v) is 5.14. The molecule has 0 aliphatic carbocycles. The first kappa shape index (κ1) is 9.00. The predicted octanol–water partition coefficient (Wildman–Crippen LogP) is 0.0861. The molecule has 0 atom stereocenters. The fourth-order valence-corrected chi connectivity index (χ4v) is 0.349. The molecule has 0 radical (unpaired) electrons. The van der Waals surface area contributed by atoms with E-state index in [-0.39, 0.29) is 0 Å². The van der Waals surface area contributed by atoms with E-state index in [1.807, 2.05) is 0 Å². The van der Waals surface area contributed by atoms with Crippen LogP contribution in [0, 0.1) is 0 Å². The van der Waals surface area contributed by atoms with E-state index in [9.17, 15) is 18.4 Å². The van der Waals surface area contributed by atoms with E-state index in [1.165, 1.54) is 0 Å². The maximum absolute atomic E-state index is 11.9. The average molecular weight is 151 g/mol. The zero-order valence-electron chi connectivity index (χ0n) is 5.14. The lowest BCUT2D eigenvalue weighted by atomic mass is 10.2. The monoisotopic (exact) mass is 151 g/mol. The molecule has 0 heterocycles. The van der Waals surface area contributed by atoms with Gasteiger partial charge in [0.1, 0.15) is 0 Å². The Morgan fingerprint density at radius 3 is 2.40 bits per heavy atom. The second-order valence-corrected chi connectivity index (χ2v) is 1.85. The van der Waals surface area contributed by atoms with Gasteiger partial charge in [0.05, 0.1) is 0 Å². The Morgan fingerprint density at radius 1 is 1.60 bits per heavy atom. The Balaban J connectivity index is 3.67. The maximum atomic E-state index is 11.9. The van der Waals surface area contributed by atoms with E-state index in [4.69, 9.17) is 0 Å². The van der Waals surface area contributed by atoms with Crippen LogP contribution in [0.3, 0.4) is 0 Å². The topological polar surface area (TPSA) is 60.2 Å². The van der Waals surface area contributed by atoms with E-state index in [0.29, 0.717) is 0 Å². The summed E-state index contributed by atoms with van der Waals surface area (Å²) in [5.74, 6) is -4.24. The molecule has 0 bridgehead atoms. The molecule has 0 unspecified atom stereocenters. The van der Waals surface area contributed by atoms with E-state index in [0.717, 1.165) is 0 Å². The first-order valence-electron chi connectivity index (χ1n) is 2.60. The van der Waals surface area contributed by atoms with Crippen LogP contribution >= 0.6 is 0 Å². The molecule has 0 spiro atoms. The van der Waals surface area contributed by atoms with Crippen molar-refractivity contribution >= 4 is 12.2 Å². The normalized spacial score (nSPS) is 11.0. The van der Waals surface area contributed by atoms with Crippen molar-refractivity contribution in [2.24, 2.45) is 5.73 Å². The van der Waals surface area contributed by atoms with Crippen molar-refractivity contribution in [2.75, 3.05) is 0 Å². The van der Waals surface area contributed by atoms with Crippen LogP contribution in [0.25, 0.3) is 0 Å². The molecule has 0 saturated heterocycles. The molecule has 10 heavy (non-hydrogen) atoms. The SMILES string of the molecule is NC(=O)CCC(F)(F)C=O. The van der Waals surface area contributed by atoms with Crippen molar-refractivity contribution in [3.63, 3.8) is 0 Å². The highest BCUT2D eigenvalue weighted by atomic mass is 19.3. The number of halogens is 2. The third-order valence-corrected chi connectivity index (χ3v) is 0.877. The van der Waals surface area contributed by atoms with Crippen LogP contribution in [0.4, 0.5) is 8.78 Å². The molecule has 58 valence electrons. The minimum absolute atomic E-state index is 0.467. The minimum atomic E-state index is -3.41. The highest BCUT2D eigenvalue weighted by Gasteiger charge is 2.27. The summed E-state index contributed by atoms with van der Waals surface area (Å²) in [7, 11) is 0. The van der Waals surface area contributed by atoms with Crippen LogP contribution in [0.2, 0.25) is 0 Å². The molecular weight excluding hydrogens is 144 g/mol. The van der Waals surface area contributed by atoms with Gasteiger partial charge in [-0.2, -0.15) is 8.78 Å². The lowest BCUT2D eigenvalue weighted by molar-refractivity contribution is -0.131. The number of rotatable bonds is 4. The van der Waals surface area contributed by atoms with Crippen molar-refractivity contribution in [3.05, 3.63) is 0 Å². The van der Waals surface area contributed by atoms with Gasteiger partial charge in [0.2, 0.25) is 5.91 Å². The van der Waals surface area contributed by atoms with Gasteiger partial charge in [-0.1, -0.05) is 0 Å².